The van der Waals surface area contributed by atoms with Crippen LogP contribution in [0.25, 0.3) is 0 Å². The van der Waals surface area contributed by atoms with Gasteiger partial charge in [0, 0.05) is 11.1 Å². The van der Waals surface area contributed by atoms with Crippen LogP contribution in [0.2, 0.25) is 5.02 Å². The van der Waals surface area contributed by atoms with Crippen molar-refractivity contribution in [2.75, 3.05) is 6.54 Å². The molecule has 0 aliphatic heterocycles. The molecule has 0 radical (unpaired) electrons. The molecule has 1 N–H and O–H groups in total. The Balaban J connectivity index is 2.00. The van der Waals surface area contributed by atoms with E-state index in [0.29, 0.717) is 17.0 Å². The normalized spacial score (nSPS) is 12.3. The van der Waals surface area contributed by atoms with Crippen molar-refractivity contribution in [3.63, 3.8) is 0 Å². The van der Waals surface area contributed by atoms with Crippen LogP contribution in [0.3, 0.4) is 0 Å². The Morgan fingerprint density at radius 2 is 1.90 bits per heavy atom. The highest BCUT2D eigenvalue weighted by atomic mass is 35.5. The monoisotopic (exact) mass is 305 g/mol. The van der Waals surface area contributed by atoms with Crippen LogP contribution in [0.4, 0.5) is 4.39 Å². The molecule has 3 heteroatoms. The molecule has 21 heavy (non-hydrogen) atoms. The van der Waals surface area contributed by atoms with Gasteiger partial charge in [0.05, 0.1) is 0 Å². The van der Waals surface area contributed by atoms with Crippen LogP contribution in [-0.4, -0.2) is 12.6 Å². The summed E-state index contributed by atoms with van der Waals surface area (Å²) in [6.07, 6.45) is 2.62. The first kappa shape index (κ1) is 16.0. The van der Waals surface area contributed by atoms with Crippen molar-refractivity contribution >= 4 is 11.6 Å². The third-order valence-corrected chi connectivity index (χ3v) is 3.83. The zero-order valence-electron chi connectivity index (χ0n) is 12.3. The number of aryl methyl sites for hydroxylation is 1. The molecule has 0 spiro atoms. The molecule has 0 heterocycles. The first-order valence-electron chi connectivity index (χ1n) is 7.40. The molecule has 2 rings (SSSR count). The summed E-state index contributed by atoms with van der Waals surface area (Å²) >= 11 is 5.96. The number of hydrogen-bond donors (Lipinski definition) is 1. The molecule has 0 aliphatic rings. The van der Waals surface area contributed by atoms with E-state index in [1.54, 1.807) is 12.1 Å². The Morgan fingerprint density at radius 3 is 2.62 bits per heavy atom. The van der Waals surface area contributed by atoms with Crippen LogP contribution in [0.15, 0.2) is 48.5 Å². The molecular weight excluding hydrogens is 285 g/mol. The van der Waals surface area contributed by atoms with E-state index >= 15 is 0 Å². The molecule has 1 unspecified atom stereocenters. The maximum absolute atomic E-state index is 13.8. The van der Waals surface area contributed by atoms with Crippen molar-refractivity contribution in [3.05, 3.63) is 70.5 Å². The fourth-order valence-corrected chi connectivity index (χ4v) is 2.71. The molecule has 0 saturated carbocycles. The summed E-state index contributed by atoms with van der Waals surface area (Å²) < 4.78 is 13.8. The molecule has 0 aliphatic carbocycles. The minimum absolute atomic E-state index is 0.179. The second-order valence-corrected chi connectivity index (χ2v) is 5.66. The highest BCUT2D eigenvalue weighted by Gasteiger charge is 2.12. The Bertz CT molecular complexity index is 556. The standard InChI is InChI=1S/C18H21ClFN/c1-2-21-17(10-8-14-6-4-3-5-7-14)13-15-12-16(19)9-11-18(15)20/h3-7,9,11-12,17,21H,2,8,10,13H2,1H3. The Hall–Kier alpha value is -1.38. The molecule has 2 aromatic rings. The molecule has 0 amide bonds. The van der Waals surface area contributed by atoms with Crippen LogP contribution >= 0.6 is 11.6 Å². The van der Waals surface area contributed by atoms with Gasteiger partial charge in [0.1, 0.15) is 5.82 Å². The molecule has 1 atom stereocenters. The van der Waals surface area contributed by atoms with E-state index in [0.717, 1.165) is 19.4 Å². The largest absolute Gasteiger partial charge is 0.314 e. The summed E-state index contributed by atoms with van der Waals surface area (Å²) in [6.45, 7) is 2.95. The molecule has 0 bridgehead atoms. The zero-order chi connectivity index (χ0) is 15.1. The van der Waals surface area contributed by atoms with Crippen LogP contribution in [0.5, 0.6) is 0 Å². The molecule has 0 saturated heterocycles. The first-order valence-corrected chi connectivity index (χ1v) is 7.78. The lowest BCUT2D eigenvalue weighted by Gasteiger charge is -2.18. The fraction of sp³-hybridized carbons (Fsp3) is 0.333. The molecule has 1 nitrogen and oxygen atoms in total. The van der Waals surface area contributed by atoms with Gasteiger partial charge in [-0.05, 0) is 55.1 Å². The maximum atomic E-state index is 13.8. The highest BCUT2D eigenvalue weighted by Crippen LogP contribution is 2.18. The topological polar surface area (TPSA) is 12.0 Å². The van der Waals surface area contributed by atoms with Gasteiger partial charge < -0.3 is 5.32 Å². The van der Waals surface area contributed by atoms with Crippen molar-refractivity contribution in [1.82, 2.24) is 5.32 Å². The lowest BCUT2D eigenvalue weighted by atomic mass is 9.98. The number of hydrogen-bond acceptors (Lipinski definition) is 1. The van der Waals surface area contributed by atoms with Gasteiger partial charge in [-0.3, -0.25) is 0 Å². The third kappa shape index (κ3) is 5.14. The van der Waals surface area contributed by atoms with Crippen LogP contribution < -0.4 is 5.32 Å². The summed E-state index contributed by atoms with van der Waals surface area (Å²) in [7, 11) is 0. The SMILES string of the molecule is CCNC(CCc1ccccc1)Cc1cc(Cl)ccc1F. The lowest BCUT2D eigenvalue weighted by molar-refractivity contribution is 0.480. The number of likely N-dealkylation sites (N-methyl/N-ethyl adjacent to an activating group) is 1. The van der Waals surface area contributed by atoms with Gasteiger partial charge in [0.15, 0.2) is 0 Å². The Morgan fingerprint density at radius 1 is 1.14 bits per heavy atom. The number of rotatable bonds is 7. The van der Waals surface area contributed by atoms with E-state index in [1.807, 2.05) is 18.2 Å². The van der Waals surface area contributed by atoms with E-state index in [-0.39, 0.29) is 11.9 Å². The lowest BCUT2D eigenvalue weighted by Crippen LogP contribution is -2.31. The number of nitrogens with one attached hydrogen (secondary N) is 1. The number of halogens is 2. The summed E-state index contributed by atoms with van der Waals surface area (Å²) in [6, 6.07) is 15.4. The van der Waals surface area contributed by atoms with Crippen molar-refractivity contribution in [3.8, 4) is 0 Å². The summed E-state index contributed by atoms with van der Waals surface area (Å²) in [5.41, 5.74) is 1.99. The van der Waals surface area contributed by atoms with Gasteiger partial charge in [-0.1, -0.05) is 48.9 Å². The van der Waals surface area contributed by atoms with E-state index in [1.165, 1.54) is 11.6 Å². The average Bonchev–Trinajstić information content (AvgIpc) is 2.50. The summed E-state index contributed by atoms with van der Waals surface area (Å²) in [5.74, 6) is -0.179. The Kier molecular flexibility index (Phi) is 6.21. The Labute approximate surface area is 131 Å². The van der Waals surface area contributed by atoms with Crippen LogP contribution in [0, 0.1) is 5.82 Å². The van der Waals surface area contributed by atoms with E-state index < -0.39 is 0 Å². The quantitative estimate of drug-likeness (QED) is 0.786. The first-order chi connectivity index (χ1) is 10.2. The van der Waals surface area contributed by atoms with Crippen molar-refractivity contribution in [2.45, 2.75) is 32.2 Å². The second kappa shape index (κ2) is 8.16. The maximum Gasteiger partial charge on any atom is 0.126 e. The van der Waals surface area contributed by atoms with Crippen molar-refractivity contribution in [1.29, 1.82) is 0 Å². The van der Waals surface area contributed by atoms with Gasteiger partial charge in [-0.15, -0.1) is 0 Å². The van der Waals surface area contributed by atoms with Gasteiger partial charge in [0.25, 0.3) is 0 Å². The van der Waals surface area contributed by atoms with E-state index in [4.69, 9.17) is 11.6 Å². The molecule has 2 aromatic carbocycles. The predicted molar refractivity (Wildman–Crippen MR) is 87.3 cm³/mol. The zero-order valence-corrected chi connectivity index (χ0v) is 13.0. The predicted octanol–water partition coefficient (Wildman–Crippen LogP) is 4.63. The smallest absolute Gasteiger partial charge is 0.126 e. The van der Waals surface area contributed by atoms with Crippen molar-refractivity contribution < 1.29 is 4.39 Å². The van der Waals surface area contributed by atoms with Gasteiger partial charge in [-0.2, -0.15) is 0 Å². The second-order valence-electron chi connectivity index (χ2n) is 5.22. The minimum Gasteiger partial charge on any atom is -0.314 e. The molecule has 0 aromatic heterocycles. The van der Waals surface area contributed by atoms with E-state index in [2.05, 4.69) is 24.4 Å². The minimum atomic E-state index is -0.179. The van der Waals surface area contributed by atoms with E-state index in [9.17, 15) is 4.39 Å². The summed E-state index contributed by atoms with van der Waals surface area (Å²) in [5, 5.41) is 4.03. The molecular formula is C18H21ClFN. The fourth-order valence-electron chi connectivity index (χ4n) is 2.52. The highest BCUT2D eigenvalue weighted by molar-refractivity contribution is 6.30. The van der Waals surface area contributed by atoms with Crippen LogP contribution in [0.1, 0.15) is 24.5 Å². The molecule has 0 fully saturated rings. The van der Waals surface area contributed by atoms with Gasteiger partial charge in [-0.25, -0.2) is 4.39 Å². The molecule has 112 valence electrons. The average molecular weight is 306 g/mol. The van der Waals surface area contributed by atoms with Crippen LogP contribution in [-0.2, 0) is 12.8 Å². The van der Waals surface area contributed by atoms with Crippen molar-refractivity contribution in [2.24, 2.45) is 0 Å². The van der Waals surface area contributed by atoms with Gasteiger partial charge >= 0.3 is 0 Å². The summed E-state index contributed by atoms with van der Waals surface area (Å²) in [4.78, 5) is 0. The van der Waals surface area contributed by atoms with Gasteiger partial charge in [0.2, 0.25) is 0 Å². The number of benzene rings is 2. The third-order valence-electron chi connectivity index (χ3n) is 3.59.